The number of amides is 1. The van der Waals surface area contributed by atoms with Gasteiger partial charge >= 0.3 is 0 Å². The van der Waals surface area contributed by atoms with Crippen molar-refractivity contribution in [2.45, 2.75) is 31.5 Å². The second-order valence-electron chi connectivity index (χ2n) is 7.11. The third-order valence-electron chi connectivity index (χ3n) is 5.14. The molecule has 7 heteroatoms. The fraction of sp³-hybridized carbons (Fsp3) is 0.579. The summed E-state index contributed by atoms with van der Waals surface area (Å²) < 4.78 is 12.7. The van der Waals surface area contributed by atoms with Crippen molar-refractivity contribution in [3.63, 3.8) is 0 Å². The van der Waals surface area contributed by atoms with Gasteiger partial charge in [-0.15, -0.1) is 11.3 Å². The molecule has 0 radical (unpaired) electrons. The van der Waals surface area contributed by atoms with Crippen LogP contribution in [0.5, 0.6) is 0 Å². The fourth-order valence-corrected chi connectivity index (χ4v) is 4.57. The van der Waals surface area contributed by atoms with Gasteiger partial charge in [-0.25, -0.2) is 4.98 Å². The molecule has 140 valence electrons. The summed E-state index contributed by atoms with van der Waals surface area (Å²) in [5, 5.41) is 4.13. The van der Waals surface area contributed by atoms with Crippen LogP contribution < -0.4 is 5.32 Å². The maximum absolute atomic E-state index is 12.3. The SMILES string of the molecule is CC(CNC(=O)CN1CCC2(CC1)OCCO2)c1nc2ccccc2s1. The average Bonchev–Trinajstić information content (AvgIpc) is 3.29. The van der Waals surface area contributed by atoms with E-state index in [1.807, 2.05) is 18.2 Å². The van der Waals surface area contributed by atoms with E-state index in [2.05, 4.69) is 28.2 Å². The second-order valence-corrected chi connectivity index (χ2v) is 8.17. The number of carbonyl (C=O) groups excluding carboxylic acids is 1. The first-order valence-corrected chi connectivity index (χ1v) is 10.1. The smallest absolute Gasteiger partial charge is 0.234 e. The lowest BCUT2D eigenvalue weighted by Crippen LogP contribution is -2.48. The van der Waals surface area contributed by atoms with Crippen molar-refractivity contribution >= 4 is 27.5 Å². The van der Waals surface area contributed by atoms with Crippen molar-refractivity contribution in [3.8, 4) is 0 Å². The number of para-hydroxylation sites is 1. The van der Waals surface area contributed by atoms with Crippen molar-refractivity contribution < 1.29 is 14.3 Å². The summed E-state index contributed by atoms with van der Waals surface area (Å²) in [4.78, 5) is 19.2. The molecule has 1 unspecified atom stereocenters. The Hall–Kier alpha value is -1.54. The Kier molecular flexibility index (Phi) is 5.22. The molecule has 6 nitrogen and oxygen atoms in total. The highest BCUT2D eigenvalue weighted by atomic mass is 32.1. The molecule has 1 aromatic heterocycles. The van der Waals surface area contributed by atoms with E-state index in [0.717, 1.165) is 36.5 Å². The molecule has 0 saturated carbocycles. The number of ether oxygens (including phenoxy) is 2. The van der Waals surface area contributed by atoms with Gasteiger partial charge in [-0.2, -0.15) is 0 Å². The van der Waals surface area contributed by atoms with Crippen LogP contribution in [-0.2, 0) is 14.3 Å². The van der Waals surface area contributed by atoms with Crippen molar-refractivity contribution in [2.24, 2.45) is 0 Å². The Labute approximate surface area is 157 Å². The number of fused-ring (bicyclic) bond motifs is 1. The first-order chi connectivity index (χ1) is 12.6. The van der Waals surface area contributed by atoms with Crippen molar-refractivity contribution in [1.29, 1.82) is 0 Å². The maximum atomic E-state index is 12.3. The molecule has 1 aromatic carbocycles. The van der Waals surface area contributed by atoms with Gasteiger partial charge in [0.05, 0.1) is 35.0 Å². The number of benzene rings is 1. The predicted octanol–water partition coefficient (Wildman–Crippen LogP) is 2.35. The van der Waals surface area contributed by atoms with Crippen LogP contribution in [-0.4, -0.2) is 61.0 Å². The van der Waals surface area contributed by atoms with Gasteiger partial charge in [-0.05, 0) is 12.1 Å². The van der Waals surface area contributed by atoms with Crippen LogP contribution in [0.1, 0.15) is 30.7 Å². The minimum atomic E-state index is -0.381. The molecule has 1 spiro atoms. The van der Waals surface area contributed by atoms with Gasteiger partial charge in [-0.1, -0.05) is 19.1 Å². The Balaban J connectivity index is 1.23. The first-order valence-electron chi connectivity index (χ1n) is 9.26. The maximum Gasteiger partial charge on any atom is 0.234 e. The molecule has 2 aromatic rings. The molecular formula is C19H25N3O3S. The molecule has 1 N–H and O–H groups in total. The lowest BCUT2D eigenvalue weighted by Gasteiger charge is -2.37. The van der Waals surface area contributed by atoms with E-state index in [9.17, 15) is 4.79 Å². The number of rotatable bonds is 5. The molecular weight excluding hydrogens is 350 g/mol. The standard InChI is InChI=1S/C19H25N3O3S/c1-14(18-21-15-4-2-3-5-16(15)26-18)12-20-17(23)13-22-8-6-19(7-9-22)24-10-11-25-19/h2-5,14H,6-13H2,1H3,(H,20,23). The predicted molar refractivity (Wildman–Crippen MR) is 101 cm³/mol. The largest absolute Gasteiger partial charge is 0.354 e. The summed E-state index contributed by atoms with van der Waals surface area (Å²) in [5.41, 5.74) is 1.03. The molecule has 0 bridgehead atoms. The zero-order valence-corrected chi connectivity index (χ0v) is 15.9. The van der Waals surface area contributed by atoms with Crippen LogP contribution >= 0.6 is 11.3 Å². The van der Waals surface area contributed by atoms with Gasteiger partial charge < -0.3 is 14.8 Å². The summed E-state index contributed by atoms with van der Waals surface area (Å²) >= 11 is 1.70. The zero-order chi connectivity index (χ0) is 18.0. The second kappa shape index (κ2) is 7.60. The minimum absolute atomic E-state index is 0.0715. The summed E-state index contributed by atoms with van der Waals surface area (Å²) in [6.45, 7) is 6.19. The topological polar surface area (TPSA) is 63.7 Å². The van der Waals surface area contributed by atoms with Gasteiger partial charge in [0.15, 0.2) is 5.79 Å². The van der Waals surface area contributed by atoms with Crippen LogP contribution in [0.2, 0.25) is 0 Å². The van der Waals surface area contributed by atoms with Crippen LogP contribution in [0, 0.1) is 0 Å². The summed E-state index contributed by atoms with van der Waals surface area (Å²) in [6.07, 6.45) is 1.67. The number of thiazole rings is 1. The van der Waals surface area contributed by atoms with Gasteiger partial charge in [0.25, 0.3) is 0 Å². The van der Waals surface area contributed by atoms with Crippen molar-refractivity contribution in [2.75, 3.05) is 39.4 Å². The molecule has 26 heavy (non-hydrogen) atoms. The van der Waals surface area contributed by atoms with Crippen molar-refractivity contribution in [3.05, 3.63) is 29.3 Å². The molecule has 1 atom stereocenters. The number of piperidine rings is 1. The first kappa shape index (κ1) is 17.9. The van der Waals surface area contributed by atoms with E-state index in [1.54, 1.807) is 11.3 Å². The highest BCUT2D eigenvalue weighted by Crippen LogP contribution is 2.31. The Bertz CT molecular complexity index is 729. The minimum Gasteiger partial charge on any atom is -0.354 e. The molecule has 2 fully saturated rings. The summed E-state index contributed by atoms with van der Waals surface area (Å²) in [5.74, 6) is -0.0997. The zero-order valence-electron chi connectivity index (χ0n) is 15.1. The highest BCUT2D eigenvalue weighted by Gasteiger charge is 2.39. The van der Waals surface area contributed by atoms with E-state index in [1.165, 1.54) is 4.70 Å². The molecule has 3 heterocycles. The molecule has 1 amide bonds. The number of hydrogen-bond donors (Lipinski definition) is 1. The van der Waals surface area contributed by atoms with Gasteiger partial charge in [-0.3, -0.25) is 9.69 Å². The number of carbonyl (C=O) groups is 1. The van der Waals surface area contributed by atoms with Gasteiger partial charge in [0.2, 0.25) is 5.91 Å². The number of nitrogens with zero attached hydrogens (tertiary/aromatic N) is 2. The molecule has 2 aliphatic heterocycles. The summed E-state index contributed by atoms with van der Waals surface area (Å²) in [7, 11) is 0. The number of likely N-dealkylation sites (tertiary alicyclic amines) is 1. The Morgan fingerprint density at radius 2 is 2.04 bits per heavy atom. The van der Waals surface area contributed by atoms with Crippen LogP contribution in [0.15, 0.2) is 24.3 Å². The van der Waals surface area contributed by atoms with Crippen LogP contribution in [0.25, 0.3) is 10.2 Å². The average molecular weight is 375 g/mol. The fourth-order valence-electron chi connectivity index (χ4n) is 3.55. The summed E-state index contributed by atoms with van der Waals surface area (Å²) in [6, 6.07) is 8.15. The van der Waals surface area contributed by atoms with E-state index in [-0.39, 0.29) is 17.6 Å². The lowest BCUT2D eigenvalue weighted by atomic mass is 10.0. The number of nitrogens with one attached hydrogen (secondary N) is 1. The quantitative estimate of drug-likeness (QED) is 0.869. The van der Waals surface area contributed by atoms with E-state index < -0.39 is 0 Å². The third kappa shape index (κ3) is 3.91. The third-order valence-corrected chi connectivity index (χ3v) is 6.40. The van der Waals surface area contributed by atoms with Crippen LogP contribution in [0.4, 0.5) is 0 Å². The van der Waals surface area contributed by atoms with Gasteiger partial charge in [0.1, 0.15) is 0 Å². The van der Waals surface area contributed by atoms with Crippen LogP contribution in [0.3, 0.4) is 0 Å². The number of hydrogen-bond acceptors (Lipinski definition) is 6. The Morgan fingerprint density at radius 1 is 1.31 bits per heavy atom. The normalized spacial score (nSPS) is 21.3. The Morgan fingerprint density at radius 3 is 2.77 bits per heavy atom. The van der Waals surface area contributed by atoms with E-state index in [0.29, 0.717) is 26.3 Å². The molecule has 2 aliphatic rings. The molecule has 2 saturated heterocycles. The lowest BCUT2D eigenvalue weighted by molar-refractivity contribution is -0.185. The number of aromatic nitrogens is 1. The van der Waals surface area contributed by atoms with E-state index in [4.69, 9.17) is 9.47 Å². The van der Waals surface area contributed by atoms with Crippen molar-refractivity contribution in [1.82, 2.24) is 15.2 Å². The van der Waals surface area contributed by atoms with E-state index >= 15 is 0 Å². The monoisotopic (exact) mass is 375 g/mol. The van der Waals surface area contributed by atoms with Gasteiger partial charge in [0, 0.05) is 38.4 Å². The molecule has 0 aliphatic carbocycles. The highest BCUT2D eigenvalue weighted by molar-refractivity contribution is 7.18. The molecule has 4 rings (SSSR count).